The summed E-state index contributed by atoms with van der Waals surface area (Å²) in [5.74, 6) is 1.43. The summed E-state index contributed by atoms with van der Waals surface area (Å²) in [7, 11) is 0. The topological polar surface area (TPSA) is 110 Å². The summed E-state index contributed by atoms with van der Waals surface area (Å²) in [4.78, 5) is 8.41. The molecule has 0 aliphatic carbocycles. The normalized spacial score (nSPS) is 19.0. The monoisotopic (exact) mass is 355 g/mol. The van der Waals surface area contributed by atoms with Gasteiger partial charge in [0.25, 0.3) is 0 Å². The molecule has 7 heteroatoms. The maximum atomic E-state index is 9.62. The number of aromatic nitrogens is 2. The smallest absolute Gasteiger partial charge is 0.222 e. The Bertz CT molecular complexity index is 805. The van der Waals surface area contributed by atoms with Crippen LogP contribution in [0.1, 0.15) is 46.1 Å². The van der Waals surface area contributed by atoms with Crippen LogP contribution in [-0.2, 0) is 4.74 Å². The van der Waals surface area contributed by atoms with Crippen LogP contribution >= 0.6 is 0 Å². The van der Waals surface area contributed by atoms with Crippen LogP contribution in [-0.4, -0.2) is 27.7 Å². The lowest BCUT2D eigenvalue weighted by molar-refractivity contribution is -0.170. The first-order valence-electron chi connectivity index (χ1n) is 8.75. The Balaban J connectivity index is 1.83. The van der Waals surface area contributed by atoms with E-state index in [-0.39, 0.29) is 17.2 Å². The Hall–Kier alpha value is -2.59. The molecule has 0 saturated carbocycles. The van der Waals surface area contributed by atoms with E-state index in [1.54, 1.807) is 12.1 Å². The van der Waals surface area contributed by atoms with Crippen LogP contribution in [0.4, 0.5) is 11.8 Å². The summed E-state index contributed by atoms with van der Waals surface area (Å²) >= 11 is 0. The number of nitrogen functional groups attached to an aromatic ring is 1. The predicted octanol–water partition coefficient (Wildman–Crippen LogP) is 3.59. The van der Waals surface area contributed by atoms with Gasteiger partial charge < -0.3 is 20.2 Å². The molecule has 0 unspecified atom stereocenters. The van der Waals surface area contributed by atoms with E-state index in [9.17, 15) is 5.26 Å². The zero-order chi connectivity index (χ0) is 18.9. The summed E-state index contributed by atoms with van der Waals surface area (Å²) in [5, 5.41) is 12.9. The Kier molecular flexibility index (Phi) is 4.63. The van der Waals surface area contributed by atoms with Crippen molar-refractivity contribution < 1.29 is 9.15 Å². The molecule has 26 heavy (non-hydrogen) atoms. The van der Waals surface area contributed by atoms with E-state index < -0.39 is 0 Å². The molecule has 0 amide bonds. The maximum absolute atomic E-state index is 9.62. The van der Waals surface area contributed by atoms with Crippen molar-refractivity contribution in [2.45, 2.75) is 51.7 Å². The van der Waals surface area contributed by atoms with Crippen molar-refractivity contribution in [3.8, 4) is 17.5 Å². The first-order valence-corrected chi connectivity index (χ1v) is 8.75. The number of ether oxygens (including phenoxy) is 1. The van der Waals surface area contributed by atoms with Crippen LogP contribution in [0.15, 0.2) is 22.8 Å². The number of furan rings is 1. The lowest BCUT2D eigenvalue weighted by Gasteiger charge is -2.45. The Morgan fingerprint density at radius 3 is 2.54 bits per heavy atom. The van der Waals surface area contributed by atoms with Crippen LogP contribution in [0.2, 0.25) is 0 Å². The van der Waals surface area contributed by atoms with Gasteiger partial charge >= 0.3 is 0 Å². The number of anilines is 2. The SMILES string of the molecule is CC1(C)CC(CNc2nc(N)nc(-c3ccco3)c2C#N)CC(C)(C)O1. The van der Waals surface area contributed by atoms with Gasteiger partial charge in [-0.2, -0.15) is 10.2 Å². The summed E-state index contributed by atoms with van der Waals surface area (Å²) in [6.07, 6.45) is 3.39. The molecule has 1 aliphatic heterocycles. The lowest BCUT2D eigenvalue weighted by Crippen LogP contribution is -2.46. The third-order valence-electron chi connectivity index (χ3n) is 4.46. The van der Waals surface area contributed by atoms with Gasteiger partial charge in [0.2, 0.25) is 5.95 Å². The highest BCUT2D eigenvalue weighted by Crippen LogP contribution is 2.38. The van der Waals surface area contributed by atoms with Crippen molar-refractivity contribution in [1.82, 2.24) is 9.97 Å². The van der Waals surface area contributed by atoms with Gasteiger partial charge in [0, 0.05) is 6.54 Å². The summed E-state index contributed by atoms with van der Waals surface area (Å²) < 4.78 is 11.5. The molecule has 0 aromatic carbocycles. The first-order chi connectivity index (χ1) is 12.2. The van der Waals surface area contributed by atoms with Gasteiger partial charge in [-0.1, -0.05) is 0 Å². The average molecular weight is 355 g/mol. The number of nitrogens with one attached hydrogen (secondary N) is 1. The minimum absolute atomic E-state index is 0.102. The van der Waals surface area contributed by atoms with Crippen molar-refractivity contribution in [3.63, 3.8) is 0 Å². The largest absolute Gasteiger partial charge is 0.463 e. The second-order valence-corrected chi connectivity index (χ2v) is 8.02. The number of nitrogens with zero attached hydrogens (tertiary/aromatic N) is 3. The van der Waals surface area contributed by atoms with Crippen molar-refractivity contribution in [2.24, 2.45) is 5.92 Å². The molecule has 3 rings (SSSR count). The summed E-state index contributed by atoms with van der Waals surface area (Å²) in [6, 6.07) is 5.66. The van der Waals surface area contributed by atoms with Crippen molar-refractivity contribution in [2.75, 3.05) is 17.6 Å². The maximum Gasteiger partial charge on any atom is 0.222 e. The van der Waals surface area contributed by atoms with Crippen molar-refractivity contribution in [1.29, 1.82) is 5.26 Å². The highest BCUT2D eigenvalue weighted by atomic mass is 16.5. The second kappa shape index (κ2) is 6.61. The quantitative estimate of drug-likeness (QED) is 0.862. The van der Waals surface area contributed by atoms with E-state index in [0.717, 1.165) is 12.8 Å². The van der Waals surface area contributed by atoms with E-state index in [2.05, 4.69) is 49.0 Å². The molecule has 7 nitrogen and oxygen atoms in total. The van der Waals surface area contributed by atoms with E-state index in [0.29, 0.717) is 35.3 Å². The van der Waals surface area contributed by atoms with E-state index in [4.69, 9.17) is 14.9 Å². The molecular formula is C19H25N5O2. The number of hydrogen-bond acceptors (Lipinski definition) is 7. The zero-order valence-corrected chi connectivity index (χ0v) is 15.7. The zero-order valence-electron chi connectivity index (χ0n) is 15.7. The molecule has 0 spiro atoms. The number of nitrogens with two attached hydrogens (primary N) is 1. The minimum atomic E-state index is -0.184. The Morgan fingerprint density at radius 2 is 1.96 bits per heavy atom. The van der Waals surface area contributed by atoms with Gasteiger partial charge in [0.15, 0.2) is 5.76 Å². The van der Waals surface area contributed by atoms with Gasteiger partial charge in [-0.25, -0.2) is 4.98 Å². The molecule has 0 bridgehead atoms. The lowest BCUT2D eigenvalue weighted by atomic mass is 9.81. The number of hydrogen-bond donors (Lipinski definition) is 2. The van der Waals surface area contributed by atoms with Gasteiger partial charge in [-0.05, 0) is 58.6 Å². The van der Waals surface area contributed by atoms with Gasteiger partial charge in [-0.3, -0.25) is 0 Å². The van der Waals surface area contributed by atoms with Crippen LogP contribution in [0.25, 0.3) is 11.5 Å². The fourth-order valence-corrected chi connectivity index (χ4v) is 3.98. The number of rotatable bonds is 4. The predicted molar refractivity (Wildman–Crippen MR) is 99.3 cm³/mol. The summed E-state index contributed by atoms with van der Waals surface area (Å²) in [5.41, 5.74) is 6.22. The fraction of sp³-hybridized carbons (Fsp3) is 0.526. The van der Waals surface area contributed by atoms with E-state index >= 15 is 0 Å². The minimum Gasteiger partial charge on any atom is -0.463 e. The van der Waals surface area contributed by atoms with Gasteiger partial charge in [0.05, 0.1) is 17.5 Å². The molecule has 2 aromatic heterocycles. The molecule has 1 fully saturated rings. The Labute approximate surface area is 153 Å². The van der Waals surface area contributed by atoms with Crippen LogP contribution in [0.5, 0.6) is 0 Å². The van der Waals surface area contributed by atoms with Gasteiger partial charge in [-0.15, -0.1) is 0 Å². The second-order valence-electron chi connectivity index (χ2n) is 8.02. The van der Waals surface area contributed by atoms with Crippen LogP contribution < -0.4 is 11.1 Å². The number of nitriles is 1. The molecule has 0 radical (unpaired) electrons. The third kappa shape index (κ3) is 3.97. The van der Waals surface area contributed by atoms with Crippen molar-refractivity contribution in [3.05, 3.63) is 24.0 Å². The fourth-order valence-electron chi connectivity index (χ4n) is 3.98. The highest BCUT2D eigenvalue weighted by molar-refractivity contribution is 5.71. The standard InChI is InChI=1S/C19H25N5O2/c1-18(2)8-12(9-19(3,4)26-18)11-22-16-13(10-20)15(23-17(21)24-16)14-6-5-7-25-14/h5-7,12H,8-9,11H2,1-4H3,(H3,21,22,23,24). The van der Waals surface area contributed by atoms with Crippen LogP contribution in [0, 0.1) is 17.2 Å². The average Bonchev–Trinajstić information content (AvgIpc) is 3.03. The molecule has 0 atom stereocenters. The molecule has 3 heterocycles. The van der Waals surface area contributed by atoms with Crippen LogP contribution in [0.3, 0.4) is 0 Å². The molecule has 1 saturated heterocycles. The molecule has 1 aliphatic rings. The Morgan fingerprint density at radius 1 is 1.27 bits per heavy atom. The van der Waals surface area contributed by atoms with E-state index in [1.165, 1.54) is 6.26 Å². The van der Waals surface area contributed by atoms with E-state index in [1.807, 2.05) is 0 Å². The van der Waals surface area contributed by atoms with Crippen molar-refractivity contribution >= 4 is 11.8 Å². The summed E-state index contributed by atoms with van der Waals surface area (Å²) in [6.45, 7) is 9.12. The molecule has 2 aromatic rings. The molecule has 3 N–H and O–H groups in total. The molecular weight excluding hydrogens is 330 g/mol. The highest BCUT2D eigenvalue weighted by Gasteiger charge is 2.39. The van der Waals surface area contributed by atoms with Gasteiger partial charge in [0.1, 0.15) is 23.1 Å². The first kappa shape index (κ1) is 18.2. The third-order valence-corrected chi connectivity index (χ3v) is 4.46. The molecule has 138 valence electrons.